The van der Waals surface area contributed by atoms with E-state index in [-0.39, 0.29) is 5.91 Å². The summed E-state index contributed by atoms with van der Waals surface area (Å²) in [5.41, 5.74) is 2.19. The standard InChI is InChI=1S/C16H21N3O2S2/c1-10(2)22-16-19-18-15(23-16)17-14(20)8-6-12-5-7-13(21-4)11(3)9-12/h5,7,9-10H,6,8H2,1-4H3,(H,17,18,20). The highest BCUT2D eigenvalue weighted by Gasteiger charge is 2.10. The number of hydrogen-bond acceptors (Lipinski definition) is 6. The maximum atomic E-state index is 12.0. The summed E-state index contributed by atoms with van der Waals surface area (Å²) in [6, 6.07) is 5.97. The number of carbonyl (C=O) groups excluding carboxylic acids is 1. The van der Waals surface area contributed by atoms with E-state index in [1.165, 1.54) is 11.3 Å². The molecule has 7 heteroatoms. The molecule has 1 heterocycles. The summed E-state index contributed by atoms with van der Waals surface area (Å²) < 4.78 is 6.12. The number of aryl methyl sites for hydroxylation is 2. The number of amides is 1. The van der Waals surface area contributed by atoms with E-state index < -0.39 is 0 Å². The van der Waals surface area contributed by atoms with Crippen molar-refractivity contribution in [3.8, 4) is 5.75 Å². The van der Waals surface area contributed by atoms with Crippen LogP contribution >= 0.6 is 23.1 Å². The minimum atomic E-state index is -0.0456. The molecule has 0 atom stereocenters. The number of thioether (sulfide) groups is 1. The Hall–Kier alpha value is -1.60. The fraction of sp³-hybridized carbons (Fsp3) is 0.438. The number of hydrogen-bond donors (Lipinski definition) is 1. The molecule has 1 aromatic heterocycles. The molecule has 2 aromatic rings. The Morgan fingerprint density at radius 3 is 2.83 bits per heavy atom. The maximum absolute atomic E-state index is 12.0. The van der Waals surface area contributed by atoms with E-state index in [1.807, 2.05) is 19.1 Å². The fourth-order valence-corrected chi connectivity index (χ4v) is 4.04. The molecular formula is C16H21N3O2S2. The van der Waals surface area contributed by atoms with Crippen molar-refractivity contribution in [2.75, 3.05) is 12.4 Å². The largest absolute Gasteiger partial charge is 0.496 e. The molecule has 0 fully saturated rings. The van der Waals surface area contributed by atoms with Crippen LogP contribution in [0, 0.1) is 6.92 Å². The number of anilines is 1. The first-order chi connectivity index (χ1) is 11.0. The Morgan fingerprint density at radius 1 is 1.39 bits per heavy atom. The first kappa shape index (κ1) is 17.7. The van der Waals surface area contributed by atoms with E-state index in [2.05, 4.69) is 35.4 Å². The van der Waals surface area contributed by atoms with Gasteiger partial charge in [0.05, 0.1) is 7.11 Å². The van der Waals surface area contributed by atoms with Gasteiger partial charge in [0.15, 0.2) is 4.34 Å². The van der Waals surface area contributed by atoms with Crippen LogP contribution in [0.15, 0.2) is 22.5 Å². The van der Waals surface area contributed by atoms with Gasteiger partial charge >= 0.3 is 0 Å². The second-order valence-corrected chi connectivity index (χ2v) is 8.19. The predicted octanol–water partition coefficient (Wildman–Crippen LogP) is 3.93. The van der Waals surface area contributed by atoms with Crippen LogP contribution in [-0.4, -0.2) is 28.5 Å². The molecule has 1 N–H and O–H groups in total. The van der Waals surface area contributed by atoms with E-state index >= 15 is 0 Å². The minimum Gasteiger partial charge on any atom is -0.496 e. The first-order valence-corrected chi connectivity index (χ1v) is 9.11. The molecule has 5 nitrogen and oxygen atoms in total. The second kappa shape index (κ2) is 8.31. The molecular weight excluding hydrogens is 330 g/mol. The molecule has 0 saturated carbocycles. The van der Waals surface area contributed by atoms with E-state index in [1.54, 1.807) is 18.9 Å². The quantitative estimate of drug-likeness (QED) is 0.605. The van der Waals surface area contributed by atoms with Gasteiger partial charge in [0.25, 0.3) is 0 Å². The van der Waals surface area contributed by atoms with E-state index in [9.17, 15) is 4.79 Å². The van der Waals surface area contributed by atoms with Gasteiger partial charge in [0.1, 0.15) is 5.75 Å². The molecule has 1 amide bonds. The molecule has 0 unspecified atom stereocenters. The van der Waals surface area contributed by atoms with Gasteiger partial charge in [0.2, 0.25) is 11.0 Å². The Morgan fingerprint density at radius 2 is 2.17 bits per heavy atom. The van der Waals surface area contributed by atoms with Crippen molar-refractivity contribution in [2.24, 2.45) is 0 Å². The molecule has 23 heavy (non-hydrogen) atoms. The van der Waals surface area contributed by atoms with Crippen molar-refractivity contribution in [3.05, 3.63) is 29.3 Å². The van der Waals surface area contributed by atoms with Crippen molar-refractivity contribution in [2.45, 2.75) is 43.2 Å². The van der Waals surface area contributed by atoms with Crippen LogP contribution in [0.5, 0.6) is 5.75 Å². The SMILES string of the molecule is COc1ccc(CCC(=O)Nc2nnc(SC(C)C)s2)cc1C. The Labute approximate surface area is 144 Å². The highest BCUT2D eigenvalue weighted by Crippen LogP contribution is 2.28. The third-order valence-electron chi connectivity index (χ3n) is 3.09. The molecule has 1 aromatic carbocycles. The lowest BCUT2D eigenvalue weighted by molar-refractivity contribution is -0.116. The summed E-state index contributed by atoms with van der Waals surface area (Å²) in [5.74, 6) is 0.818. The van der Waals surface area contributed by atoms with Crippen LogP contribution in [0.1, 0.15) is 31.4 Å². The van der Waals surface area contributed by atoms with Gasteiger partial charge in [0, 0.05) is 11.7 Å². The lowest BCUT2D eigenvalue weighted by Crippen LogP contribution is -2.12. The van der Waals surface area contributed by atoms with E-state index in [4.69, 9.17) is 4.74 Å². The van der Waals surface area contributed by atoms with Gasteiger partial charge in [-0.1, -0.05) is 49.1 Å². The summed E-state index contributed by atoms with van der Waals surface area (Å²) in [5, 5.41) is 11.9. The van der Waals surface area contributed by atoms with Crippen LogP contribution in [0.3, 0.4) is 0 Å². The monoisotopic (exact) mass is 351 g/mol. The van der Waals surface area contributed by atoms with Crippen LogP contribution < -0.4 is 10.1 Å². The van der Waals surface area contributed by atoms with E-state index in [0.717, 1.165) is 21.2 Å². The molecule has 0 radical (unpaired) electrons. The summed E-state index contributed by atoms with van der Waals surface area (Å²) in [6.45, 7) is 6.19. The van der Waals surface area contributed by atoms with Crippen molar-refractivity contribution >= 4 is 34.1 Å². The first-order valence-electron chi connectivity index (χ1n) is 7.41. The maximum Gasteiger partial charge on any atom is 0.226 e. The summed E-state index contributed by atoms with van der Waals surface area (Å²) in [7, 11) is 1.66. The van der Waals surface area contributed by atoms with Gasteiger partial charge in [-0.15, -0.1) is 10.2 Å². The number of nitrogens with one attached hydrogen (secondary N) is 1. The third kappa shape index (κ3) is 5.51. The number of carbonyl (C=O) groups is 1. The molecule has 0 spiro atoms. The molecule has 0 aliphatic rings. The van der Waals surface area contributed by atoms with E-state index in [0.29, 0.717) is 23.2 Å². The summed E-state index contributed by atoms with van der Waals surface area (Å²) in [4.78, 5) is 12.0. The number of methoxy groups -OCH3 is 1. The van der Waals surface area contributed by atoms with Crippen LogP contribution in [0.25, 0.3) is 0 Å². The molecule has 0 bridgehead atoms. The van der Waals surface area contributed by atoms with Gasteiger partial charge in [-0.25, -0.2) is 0 Å². The second-order valence-electron chi connectivity index (χ2n) is 5.39. The lowest BCUT2D eigenvalue weighted by atomic mass is 10.1. The fourth-order valence-electron chi connectivity index (χ4n) is 2.05. The van der Waals surface area contributed by atoms with Crippen molar-refractivity contribution < 1.29 is 9.53 Å². The zero-order valence-electron chi connectivity index (χ0n) is 13.8. The number of nitrogens with zero attached hydrogens (tertiary/aromatic N) is 2. The zero-order valence-corrected chi connectivity index (χ0v) is 15.4. The average molecular weight is 351 g/mol. The highest BCUT2D eigenvalue weighted by atomic mass is 32.2. The van der Waals surface area contributed by atoms with Crippen LogP contribution in [-0.2, 0) is 11.2 Å². The van der Waals surface area contributed by atoms with Gasteiger partial charge in [-0.2, -0.15) is 0 Å². The van der Waals surface area contributed by atoms with Gasteiger partial charge < -0.3 is 10.1 Å². The van der Waals surface area contributed by atoms with Crippen LogP contribution in [0.4, 0.5) is 5.13 Å². The minimum absolute atomic E-state index is 0.0456. The predicted molar refractivity (Wildman–Crippen MR) is 95.6 cm³/mol. The van der Waals surface area contributed by atoms with Crippen molar-refractivity contribution in [3.63, 3.8) is 0 Å². The Bertz CT molecular complexity index is 671. The van der Waals surface area contributed by atoms with Crippen molar-refractivity contribution in [1.29, 1.82) is 0 Å². The highest BCUT2D eigenvalue weighted by molar-refractivity contribution is 8.01. The molecule has 0 aliphatic heterocycles. The van der Waals surface area contributed by atoms with Crippen LogP contribution in [0.2, 0.25) is 0 Å². The average Bonchev–Trinajstić information content (AvgIpc) is 2.91. The smallest absolute Gasteiger partial charge is 0.226 e. The number of aromatic nitrogens is 2. The zero-order chi connectivity index (χ0) is 16.8. The number of rotatable bonds is 7. The van der Waals surface area contributed by atoms with Gasteiger partial charge in [-0.05, 0) is 30.5 Å². The van der Waals surface area contributed by atoms with Gasteiger partial charge in [-0.3, -0.25) is 4.79 Å². The number of benzene rings is 1. The number of ether oxygens (including phenoxy) is 1. The Balaban J connectivity index is 1.85. The topological polar surface area (TPSA) is 64.1 Å². The normalized spacial score (nSPS) is 10.8. The van der Waals surface area contributed by atoms with Crippen molar-refractivity contribution in [1.82, 2.24) is 10.2 Å². The molecule has 0 aliphatic carbocycles. The lowest BCUT2D eigenvalue weighted by Gasteiger charge is -2.07. The molecule has 124 valence electrons. The summed E-state index contributed by atoms with van der Waals surface area (Å²) >= 11 is 3.05. The molecule has 2 rings (SSSR count). The third-order valence-corrected chi connectivity index (χ3v) is 5.02. The molecule has 0 saturated heterocycles. The Kier molecular flexibility index (Phi) is 6.41. The summed E-state index contributed by atoms with van der Waals surface area (Å²) in [6.07, 6.45) is 1.10.